The first-order chi connectivity index (χ1) is 12.1. The molecular weight excluding hydrogens is 360 g/mol. The summed E-state index contributed by atoms with van der Waals surface area (Å²) in [5.41, 5.74) is 1.05. The van der Waals surface area contributed by atoms with E-state index in [0.717, 1.165) is 9.87 Å². The van der Waals surface area contributed by atoms with Gasteiger partial charge >= 0.3 is 5.97 Å². The maximum absolute atomic E-state index is 12.7. The molecule has 0 spiro atoms. The second kappa shape index (κ2) is 7.63. The van der Waals surface area contributed by atoms with Crippen molar-refractivity contribution in [3.05, 3.63) is 69.8 Å². The number of carbonyl (C=O) groups is 1. The molecule has 0 saturated heterocycles. The van der Waals surface area contributed by atoms with Gasteiger partial charge in [0.25, 0.3) is 5.69 Å². The number of rotatable bonds is 7. The van der Waals surface area contributed by atoms with Gasteiger partial charge in [0, 0.05) is 19.2 Å². The number of sulfonamides is 1. The summed E-state index contributed by atoms with van der Waals surface area (Å²) >= 11 is 0. The van der Waals surface area contributed by atoms with Crippen LogP contribution in [-0.4, -0.2) is 41.8 Å². The molecule has 0 aliphatic rings. The predicted octanol–water partition coefficient (Wildman–Crippen LogP) is 2.22. The molecule has 2 rings (SSSR count). The van der Waals surface area contributed by atoms with Crippen LogP contribution in [0.4, 0.5) is 5.69 Å². The van der Waals surface area contributed by atoms with Crippen LogP contribution in [0.15, 0.2) is 53.4 Å². The molecule has 2 aromatic carbocycles. The molecule has 0 heterocycles. The van der Waals surface area contributed by atoms with Crippen LogP contribution in [-0.2, 0) is 21.2 Å². The van der Waals surface area contributed by atoms with E-state index in [-0.39, 0.29) is 17.0 Å². The lowest BCUT2D eigenvalue weighted by atomic mass is 10.1. The van der Waals surface area contributed by atoms with Crippen LogP contribution in [0.1, 0.15) is 11.1 Å². The van der Waals surface area contributed by atoms with Gasteiger partial charge in [0.05, 0.1) is 9.82 Å². The Hall–Kier alpha value is -2.78. The highest BCUT2D eigenvalue weighted by Gasteiger charge is 2.33. The molecule has 2 aromatic rings. The fourth-order valence-corrected chi connectivity index (χ4v) is 3.75. The van der Waals surface area contributed by atoms with Gasteiger partial charge in [-0.05, 0) is 31.0 Å². The number of aliphatic carboxylic acids is 1. The molecule has 0 aliphatic carbocycles. The summed E-state index contributed by atoms with van der Waals surface area (Å²) in [6.45, 7) is 1.81. The molecule has 0 aromatic heterocycles. The third-order valence-electron chi connectivity index (χ3n) is 3.97. The molecule has 0 unspecified atom stereocenters. The van der Waals surface area contributed by atoms with E-state index in [2.05, 4.69) is 0 Å². The number of benzene rings is 2. The smallest absolute Gasteiger partial charge is 0.322 e. The van der Waals surface area contributed by atoms with Gasteiger partial charge in [0.1, 0.15) is 6.04 Å². The number of nitro groups is 1. The Morgan fingerprint density at radius 3 is 2.38 bits per heavy atom. The first-order valence-electron chi connectivity index (χ1n) is 7.64. The maximum atomic E-state index is 12.7. The van der Waals surface area contributed by atoms with Crippen molar-refractivity contribution in [2.75, 3.05) is 7.05 Å². The van der Waals surface area contributed by atoms with Crippen LogP contribution in [0.5, 0.6) is 0 Å². The minimum Gasteiger partial charge on any atom is -0.480 e. The Morgan fingerprint density at radius 1 is 1.23 bits per heavy atom. The number of carboxylic acid groups (broad SMARTS) is 1. The van der Waals surface area contributed by atoms with E-state index in [1.807, 2.05) is 6.92 Å². The SMILES string of the molecule is Cc1ccc(S(=O)(=O)N(C)[C@H](Cc2cccc([N+](=O)[O-])c2)C(=O)O)cc1. The quantitative estimate of drug-likeness (QED) is 0.583. The lowest BCUT2D eigenvalue weighted by Crippen LogP contribution is -2.43. The van der Waals surface area contributed by atoms with Crippen molar-refractivity contribution in [1.82, 2.24) is 4.31 Å². The van der Waals surface area contributed by atoms with Crippen LogP contribution in [0, 0.1) is 17.0 Å². The van der Waals surface area contributed by atoms with Crippen LogP contribution in [0.2, 0.25) is 0 Å². The number of nitro benzene ring substituents is 1. The highest BCUT2D eigenvalue weighted by molar-refractivity contribution is 7.89. The van der Waals surface area contributed by atoms with E-state index in [9.17, 15) is 28.4 Å². The molecule has 0 amide bonds. The van der Waals surface area contributed by atoms with E-state index in [1.165, 1.54) is 43.4 Å². The van der Waals surface area contributed by atoms with E-state index < -0.39 is 27.0 Å². The zero-order chi connectivity index (χ0) is 19.5. The number of aryl methyl sites for hydroxylation is 1. The van der Waals surface area contributed by atoms with Gasteiger partial charge < -0.3 is 5.11 Å². The molecular formula is C17H18N2O6S. The van der Waals surface area contributed by atoms with Crippen LogP contribution in [0.25, 0.3) is 0 Å². The minimum absolute atomic E-state index is 0.0177. The average Bonchev–Trinajstić information content (AvgIpc) is 2.59. The second-order valence-corrected chi connectivity index (χ2v) is 7.82. The van der Waals surface area contributed by atoms with Crippen molar-refractivity contribution < 1.29 is 23.2 Å². The number of likely N-dealkylation sites (N-methyl/N-ethyl adjacent to an activating group) is 1. The van der Waals surface area contributed by atoms with Gasteiger partial charge in [-0.15, -0.1) is 0 Å². The molecule has 0 radical (unpaired) electrons. The third-order valence-corrected chi connectivity index (χ3v) is 5.85. The van der Waals surface area contributed by atoms with Crippen molar-refractivity contribution in [3.8, 4) is 0 Å². The maximum Gasteiger partial charge on any atom is 0.322 e. The molecule has 0 saturated carbocycles. The minimum atomic E-state index is -4.03. The van der Waals surface area contributed by atoms with Crippen LogP contribution < -0.4 is 0 Å². The summed E-state index contributed by atoms with van der Waals surface area (Å²) in [5.74, 6) is -1.34. The Labute approximate surface area is 150 Å². The molecule has 0 bridgehead atoms. The molecule has 0 aliphatic heterocycles. The first kappa shape index (κ1) is 19.5. The van der Waals surface area contributed by atoms with Crippen LogP contribution >= 0.6 is 0 Å². The topological polar surface area (TPSA) is 118 Å². The predicted molar refractivity (Wildman–Crippen MR) is 94.4 cm³/mol. The van der Waals surface area contributed by atoms with Crippen molar-refractivity contribution in [2.24, 2.45) is 0 Å². The van der Waals surface area contributed by atoms with Gasteiger partial charge in [0.15, 0.2) is 0 Å². The van der Waals surface area contributed by atoms with E-state index >= 15 is 0 Å². The first-order valence-corrected chi connectivity index (χ1v) is 9.08. The van der Waals surface area contributed by atoms with Crippen molar-refractivity contribution >= 4 is 21.7 Å². The van der Waals surface area contributed by atoms with Crippen molar-refractivity contribution in [3.63, 3.8) is 0 Å². The molecule has 1 N–H and O–H groups in total. The van der Waals surface area contributed by atoms with Gasteiger partial charge in [-0.3, -0.25) is 14.9 Å². The number of non-ortho nitro benzene ring substituents is 1. The van der Waals surface area contributed by atoms with Crippen molar-refractivity contribution in [1.29, 1.82) is 0 Å². The highest BCUT2D eigenvalue weighted by atomic mass is 32.2. The van der Waals surface area contributed by atoms with Gasteiger partial charge in [0.2, 0.25) is 10.0 Å². The zero-order valence-electron chi connectivity index (χ0n) is 14.2. The highest BCUT2D eigenvalue weighted by Crippen LogP contribution is 2.21. The standard InChI is InChI=1S/C17H18N2O6S/c1-12-6-8-15(9-7-12)26(24,25)18(2)16(17(20)21)11-13-4-3-5-14(10-13)19(22)23/h3-10,16H,11H2,1-2H3,(H,20,21)/t16-/m1/s1. The van der Waals surface area contributed by atoms with Gasteiger partial charge in [-0.1, -0.05) is 29.8 Å². The lowest BCUT2D eigenvalue weighted by Gasteiger charge is -2.24. The Balaban J connectivity index is 2.34. The molecule has 26 heavy (non-hydrogen) atoms. The Kier molecular flexibility index (Phi) is 5.73. The number of carboxylic acids is 1. The summed E-state index contributed by atoms with van der Waals surface area (Å²) in [7, 11) is -2.84. The van der Waals surface area contributed by atoms with E-state index in [0.29, 0.717) is 5.56 Å². The average molecular weight is 378 g/mol. The molecule has 8 nitrogen and oxygen atoms in total. The summed E-state index contributed by atoms with van der Waals surface area (Å²) in [4.78, 5) is 21.9. The van der Waals surface area contributed by atoms with Gasteiger partial charge in [-0.2, -0.15) is 4.31 Å². The Bertz CT molecular complexity index is 925. The fourth-order valence-electron chi connectivity index (χ4n) is 2.44. The zero-order valence-corrected chi connectivity index (χ0v) is 15.0. The molecule has 1 atom stereocenters. The molecule has 138 valence electrons. The number of hydrogen-bond acceptors (Lipinski definition) is 5. The van der Waals surface area contributed by atoms with Crippen molar-refractivity contribution in [2.45, 2.75) is 24.3 Å². The second-order valence-electron chi connectivity index (χ2n) is 5.82. The lowest BCUT2D eigenvalue weighted by molar-refractivity contribution is -0.384. The largest absolute Gasteiger partial charge is 0.480 e. The summed E-state index contributed by atoms with van der Waals surface area (Å²) in [6, 6.07) is 10.1. The third kappa shape index (κ3) is 4.24. The fraction of sp³-hybridized carbons (Fsp3) is 0.235. The van der Waals surface area contributed by atoms with Gasteiger partial charge in [-0.25, -0.2) is 8.42 Å². The van der Waals surface area contributed by atoms with E-state index in [1.54, 1.807) is 12.1 Å². The summed E-state index contributed by atoms with van der Waals surface area (Å²) in [5, 5.41) is 20.4. The molecule has 0 fully saturated rings. The number of hydrogen-bond donors (Lipinski definition) is 1. The monoisotopic (exact) mass is 378 g/mol. The van der Waals surface area contributed by atoms with Crippen LogP contribution in [0.3, 0.4) is 0 Å². The van der Waals surface area contributed by atoms with E-state index in [4.69, 9.17) is 0 Å². The Morgan fingerprint density at radius 2 is 1.85 bits per heavy atom. The normalized spacial score (nSPS) is 12.7. The summed E-state index contributed by atoms with van der Waals surface area (Å²) < 4.78 is 26.2. The number of nitrogens with zero attached hydrogens (tertiary/aromatic N) is 2. The molecule has 9 heteroatoms. The summed E-state index contributed by atoms with van der Waals surface area (Å²) in [6.07, 6.45) is -0.196.